The van der Waals surface area contributed by atoms with Crippen molar-refractivity contribution in [2.45, 2.75) is 70.1 Å². The Bertz CT molecular complexity index is 205. The van der Waals surface area contributed by atoms with Gasteiger partial charge in [-0.05, 0) is 49.8 Å². The molecule has 2 heteroatoms. The first-order valence-corrected chi connectivity index (χ1v) is 8.71. The lowest BCUT2D eigenvalue weighted by Gasteiger charge is -2.39. The van der Waals surface area contributed by atoms with Crippen LogP contribution in [0.15, 0.2) is 0 Å². The topological polar surface area (TPSA) is 12.0 Å². The van der Waals surface area contributed by atoms with Gasteiger partial charge in [0.2, 0.25) is 0 Å². The van der Waals surface area contributed by atoms with Gasteiger partial charge in [-0.3, -0.25) is 0 Å². The highest BCUT2D eigenvalue weighted by Crippen LogP contribution is 2.37. The quantitative estimate of drug-likeness (QED) is 0.812. The molecule has 2 unspecified atom stereocenters. The molecule has 0 amide bonds. The fraction of sp³-hybridized carbons (Fsp3) is 1.00. The van der Waals surface area contributed by atoms with E-state index in [9.17, 15) is 0 Å². The summed E-state index contributed by atoms with van der Waals surface area (Å²) in [5, 5.41) is 4.72. The SMILES string of the molecule is CCNC(C1CCC(C)CC1)C1CCCCS1. The van der Waals surface area contributed by atoms with Gasteiger partial charge in [-0.25, -0.2) is 0 Å². The van der Waals surface area contributed by atoms with Crippen LogP contribution in [0.25, 0.3) is 0 Å². The fourth-order valence-corrected chi connectivity index (χ4v) is 5.06. The molecule has 1 aliphatic carbocycles. The van der Waals surface area contributed by atoms with Crippen molar-refractivity contribution >= 4 is 11.8 Å². The van der Waals surface area contributed by atoms with E-state index in [-0.39, 0.29) is 0 Å². The van der Waals surface area contributed by atoms with Crippen LogP contribution in [0, 0.1) is 11.8 Å². The van der Waals surface area contributed by atoms with Crippen LogP contribution in [0.1, 0.15) is 58.8 Å². The van der Waals surface area contributed by atoms with Crippen molar-refractivity contribution in [2.24, 2.45) is 11.8 Å². The zero-order chi connectivity index (χ0) is 12.1. The standard InChI is InChI=1S/C15H29NS/c1-3-16-15(14-6-4-5-11-17-14)13-9-7-12(2)8-10-13/h12-16H,3-11H2,1-2H3. The van der Waals surface area contributed by atoms with Crippen LogP contribution in [0.2, 0.25) is 0 Å². The monoisotopic (exact) mass is 255 g/mol. The molecule has 1 saturated heterocycles. The van der Waals surface area contributed by atoms with Gasteiger partial charge >= 0.3 is 0 Å². The van der Waals surface area contributed by atoms with Crippen molar-refractivity contribution in [3.63, 3.8) is 0 Å². The summed E-state index contributed by atoms with van der Waals surface area (Å²) >= 11 is 2.24. The maximum absolute atomic E-state index is 3.82. The van der Waals surface area contributed by atoms with Crippen molar-refractivity contribution in [1.82, 2.24) is 5.32 Å². The van der Waals surface area contributed by atoms with Gasteiger partial charge in [-0.1, -0.05) is 33.1 Å². The lowest BCUT2D eigenvalue weighted by Crippen LogP contribution is -2.46. The lowest BCUT2D eigenvalue weighted by atomic mass is 9.77. The molecule has 0 aromatic rings. The van der Waals surface area contributed by atoms with E-state index >= 15 is 0 Å². The fourth-order valence-electron chi connectivity index (χ4n) is 3.53. The molecule has 1 heterocycles. The molecule has 0 spiro atoms. The Labute approximate surface area is 112 Å². The van der Waals surface area contributed by atoms with Gasteiger partial charge < -0.3 is 5.32 Å². The molecule has 0 radical (unpaired) electrons. The van der Waals surface area contributed by atoms with E-state index in [0.717, 1.165) is 29.7 Å². The molecular weight excluding hydrogens is 226 g/mol. The summed E-state index contributed by atoms with van der Waals surface area (Å²) in [5.74, 6) is 3.34. The maximum atomic E-state index is 3.82. The second kappa shape index (κ2) is 7.04. The highest BCUT2D eigenvalue weighted by molar-refractivity contribution is 8.00. The Morgan fingerprint density at radius 1 is 1.12 bits per heavy atom. The van der Waals surface area contributed by atoms with Crippen LogP contribution in [-0.4, -0.2) is 23.6 Å². The summed E-state index contributed by atoms with van der Waals surface area (Å²) in [6.45, 7) is 5.84. The predicted molar refractivity (Wildman–Crippen MR) is 78.7 cm³/mol. The molecule has 2 atom stereocenters. The lowest BCUT2D eigenvalue weighted by molar-refractivity contribution is 0.224. The van der Waals surface area contributed by atoms with E-state index in [1.165, 1.54) is 50.7 Å². The molecule has 1 saturated carbocycles. The summed E-state index contributed by atoms with van der Waals surface area (Å²) in [4.78, 5) is 0. The Morgan fingerprint density at radius 2 is 1.88 bits per heavy atom. The van der Waals surface area contributed by atoms with Crippen LogP contribution in [-0.2, 0) is 0 Å². The minimum atomic E-state index is 0.804. The zero-order valence-corrected chi connectivity index (χ0v) is 12.4. The van der Waals surface area contributed by atoms with E-state index in [4.69, 9.17) is 0 Å². The van der Waals surface area contributed by atoms with E-state index in [0.29, 0.717) is 0 Å². The molecule has 0 aromatic carbocycles. The van der Waals surface area contributed by atoms with Crippen molar-refractivity contribution in [1.29, 1.82) is 0 Å². The average molecular weight is 255 g/mol. The first-order chi connectivity index (χ1) is 8.31. The summed E-state index contributed by atoms with van der Waals surface area (Å²) in [6.07, 6.45) is 10.2. The summed E-state index contributed by atoms with van der Waals surface area (Å²) in [6, 6.07) is 0.804. The third-order valence-corrected chi connectivity index (χ3v) is 6.11. The Hall–Kier alpha value is 0.310. The molecule has 2 rings (SSSR count). The Morgan fingerprint density at radius 3 is 2.47 bits per heavy atom. The highest BCUT2D eigenvalue weighted by atomic mass is 32.2. The predicted octanol–water partition coefficient (Wildman–Crippen LogP) is 4.08. The molecule has 1 N–H and O–H groups in total. The molecule has 1 aliphatic heterocycles. The Kier molecular flexibility index (Phi) is 5.68. The maximum Gasteiger partial charge on any atom is 0.0214 e. The molecule has 2 fully saturated rings. The van der Waals surface area contributed by atoms with Gasteiger partial charge in [-0.15, -0.1) is 0 Å². The summed E-state index contributed by atoms with van der Waals surface area (Å²) in [7, 11) is 0. The van der Waals surface area contributed by atoms with Gasteiger partial charge in [0.15, 0.2) is 0 Å². The largest absolute Gasteiger partial charge is 0.313 e. The van der Waals surface area contributed by atoms with E-state index < -0.39 is 0 Å². The second-order valence-corrected chi connectivity index (χ2v) is 7.36. The van der Waals surface area contributed by atoms with Gasteiger partial charge in [0.1, 0.15) is 0 Å². The van der Waals surface area contributed by atoms with Gasteiger partial charge in [0.25, 0.3) is 0 Å². The van der Waals surface area contributed by atoms with Crippen LogP contribution in [0.4, 0.5) is 0 Å². The van der Waals surface area contributed by atoms with Crippen LogP contribution >= 0.6 is 11.8 Å². The Balaban J connectivity index is 1.90. The van der Waals surface area contributed by atoms with Crippen molar-refractivity contribution in [3.8, 4) is 0 Å². The number of hydrogen-bond acceptors (Lipinski definition) is 2. The van der Waals surface area contributed by atoms with Gasteiger partial charge in [0, 0.05) is 11.3 Å². The molecule has 0 bridgehead atoms. The van der Waals surface area contributed by atoms with Crippen LogP contribution in [0.3, 0.4) is 0 Å². The van der Waals surface area contributed by atoms with Gasteiger partial charge in [-0.2, -0.15) is 11.8 Å². The minimum Gasteiger partial charge on any atom is -0.313 e. The first kappa shape index (κ1) is 13.7. The number of rotatable bonds is 4. The minimum absolute atomic E-state index is 0.804. The van der Waals surface area contributed by atoms with Crippen molar-refractivity contribution in [3.05, 3.63) is 0 Å². The average Bonchev–Trinajstić information content (AvgIpc) is 2.38. The molecule has 100 valence electrons. The van der Waals surface area contributed by atoms with E-state index in [2.05, 4.69) is 30.9 Å². The first-order valence-electron chi connectivity index (χ1n) is 7.66. The summed E-state index contributed by atoms with van der Waals surface area (Å²) < 4.78 is 0. The third kappa shape index (κ3) is 3.89. The second-order valence-electron chi connectivity index (χ2n) is 6.01. The zero-order valence-electron chi connectivity index (χ0n) is 11.6. The number of thioether (sulfide) groups is 1. The van der Waals surface area contributed by atoms with Crippen LogP contribution < -0.4 is 5.32 Å². The number of nitrogens with one attached hydrogen (secondary N) is 1. The van der Waals surface area contributed by atoms with Crippen molar-refractivity contribution in [2.75, 3.05) is 12.3 Å². The van der Waals surface area contributed by atoms with Gasteiger partial charge in [0.05, 0.1) is 0 Å². The van der Waals surface area contributed by atoms with Crippen molar-refractivity contribution < 1.29 is 0 Å². The van der Waals surface area contributed by atoms with Crippen LogP contribution in [0.5, 0.6) is 0 Å². The third-order valence-electron chi connectivity index (χ3n) is 4.62. The summed E-state index contributed by atoms with van der Waals surface area (Å²) in [5.41, 5.74) is 0. The van der Waals surface area contributed by atoms with E-state index in [1.54, 1.807) is 0 Å². The normalized spacial score (nSPS) is 36.7. The molecule has 17 heavy (non-hydrogen) atoms. The molecular formula is C15H29NS. The highest BCUT2D eigenvalue weighted by Gasteiger charge is 2.32. The van der Waals surface area contributed by atoms with E-state index in [1.807, 2.05) is 0 Å². The molecule has 2 aliphatic rings. The molecule has 0 aromatic heterocycles. The molecule has 1 nitrogen and oxygen atoms in total. The smallest absolute Gasteiger partial charge is 0.0214 e. The number of hydrogen-bond donors (Lipinski definition) is 1.